The summed E-state index contributed by atoms with van der Waals surface area (Å²) in [6.45, 7) is -1.44. The van der Waals surface area contributed by atoms with Crippen molar-refractivity contribution in [1.29, 1.82) is 0 Å². The van der Waals surface area contributed by atoms with Crippen molar-refractivity contribution in [1.82, 2.24) is 24.7 Å². The normalized spacial score (nSPS) is 13.9. The molecule has 3 rings (SSSR count). The quantitative estimate of drug-likeness (QED) is 0.346. The Kier molecular flexibility index (Phi) is 6.51. The summed E-state index contributed by atoms with van der Waals surface area (Å²) in [5.74, 6) is -0.727. The lowest BCUT2D eigenvalue weighted by molar-refractivity contribution is 0.202. The minimum absolute atomic E-state index is 0.0176. The fraction of sp³-hybridized carbons (Fsp3) is 0.263. The van der Waals surface area contributed by atoms with Crippen molar-refractivity contribution < 1.29 is 24.7 Å². The molecule has 32 heavy (non-hydrogen) atoms. The van der Waals surface area contributed by atoms with Gasteiger partial charge in [-0.3, -0.25) is 4.72 Å². The Labute approximate surface area is 209 Å². The van der Waals surface area contributed by atoms with Gasteiger partial charge in [0, 0.05) is 23.4 Å². The molecule has 1 aromatic carbocycles. The number of rotatable bonds is 11. The topological polar surface area (TPSA) is 128 Å². The van der Waals surface area contributed by atoms with Crippen molar-refractivity contribution in [2.75, 3.05) is 24.4 Å². The average molecular weight is 593 g/mol. The van der Waals surface area contributed by atoms with E-state index < -0.39 is 41.6 Å². The first-order valence-corrected chi connectivity index (χ1v) is 12.1. The maximum absolute atomic E-state index is 12.5. The van der Waals surface area contributed by atoms with Gasteiger partial charge in [0.25, 0.3) is 10.2 Å². The van der Waals surface area contributed by atoms with E-state index in [1.165, 1.54) is 0 Å². The lowest BCUT2D eigenvalue weighted by Gasteiger charge is -2.15. The highest BCUT2D eigenvalue weighted by molar-refractivity contribution is 9.10. The molecule has 13 heteroatoms. The molecule has 0 spiro atoms. The van der Waals surface area contributed by atoms with Crippen LogP contribution in [-0.4, -0.2) is 48.1 Å². The zero-order valence-electron chi connectivity index (χ0n) is 21.5. The summed E-state index contributed by atoms with van der Waals surface area (Å²) in [4.78, 5) is 15.2. The number of nitrogens with one attached hydrogen (secondary N) is 2. The molecule has 0 saturated carbocycles. The average Bonchev–Trinajstić information content (AvgIpc) is 2.80. The predicted octanol–water partition coefficient (Wildman–Crippen LogP) is 3.57. The van der Waals surface area contributed by atoms with Crippen molar-refractivity contribution in [3.63, 3.8) is 0 Å². The van der Waals surface area contributed by atoms with Crippen LogP contribution in [0.3, 0.4) is 0 Å². The van der Waals surface area contributed by atoms with Gasteiger partial charge < -0.3 is 9.47 Å². The van der Waals surface area contributed by atoms with Crippen LogP contribution in [0.5, 0.6) is 11.9 Å². The van der Waals surface area contributed by atoms with E-state index >= 15 is 0 Å². The first-order valence-electron chi connectivity index (χ1n) is 11.5. The maximum atomic E-state index is 12.5. The Balaban J connectivity index is 1.98. The predicted molar refractivity (Wildman–Crippen MR) is 127 cm³/mol. The summed E-state index contributed by atoms with van der Waals surface area (Å²) in [5, 5.41) is 0. The lowest BCUT2D eigenvalue weighted by atomic mass is 10.1. The van der Waals surface area contributed by atoms with Gasteiger partial charge in [-0.1, -0.05) is 35.0 Å². The monoisotopic (exact) mass is 591 g/mol. The standard InChI is InChI=1S/C19H20Br2N6O4S/c1-2-7-26-32(28,29)27-17-16(13-3-5-14(20)6-4-13)18(25-12-24-17)30-8-9-31-19-22-10-15(21)11-23-19/h3-6,10-12,26H,2,7-9H2,1H3,(H,24,25,27)/i8D2,10D,11D,12D. The first-order chi connectivity index (χ1) is 17.3. The highest BCUT2D eigenvalue weighted by Gasteiger charge is 2.19. The van der Waals surface area contributed by atoms with E-state index in [0.29, 0.717) is 12.0 Å². The summed E-state index contributed by atoms with van der Waals surface area (Å²) in [6, 6.07) is 6.12. The molecule has 0 bridgehead atoms. The third-order valence-corrected chi connectivity index (χ3v) is 5.53. The highest BCUT2D eigenvalue weighted by Crippen LogP contribution is 2.34. The van der Waals surface area contributed by atoms with Crippen molar-refractivity contribution in [3.8, 4) is 23.0 Å². The molecule has 10 nitrogen and oxygen atoms in total. The molecule has 0 aliphatic carbocycles. The minimum Gasteiger partial charge on any atom is -0.473 e. The van der Waals surface area contributed by atoms with E-state index in [0.717, 1.165) is 4.47 Å². The molecule has 0 unspecified atom stereocenters. The fourth-order valence-corrected chi connectivity index (χ4v) is 3.65. The Morgan fingerprint density at radius 3 is 2.47 bits per heavy atom. The maximum Gasteiger partial charge on any atom is 0.316 e. The summed E-state index contributed by atoms with van der Waals surface area (Å²) in [7, 11) is -4.08. The van der Waals surface area contributed by atoms with Gasteiger partial charge in [0.15, 0.2) is 5.82 Å². The number of hydrogen-bond acceptors (Lipinski definition) is 8. The summed E-state index contributed by atoms with van der Waals surface area (Å²) in [6.07, 6.45) is -0.738. The van der Waals surface area contributed by atoms with Gasteiger partial charge in [0.1, 0.15) is 20.8 Å². The lowest BCUT2D eigenvalue weighted by Crippen LogP contribution is -2.31. The molecule has 0 fully saturated rings. The fourth-order valence-electron chi connectivity index (χ4n) is 2.26. The van der Waals surface area contributed by atoms with E-state index in [2.05, 4.69) is 61.2 Å². The van der Waals surface area contributed by atoms with Crippen LogP contribution in [0.2, 0.25) is 0 Å². The molecule has 0 aliphatic heterocycles. The van der Waals surface area contributed by atoms with Gasteiger partial charge >= 0.3 is 6.01 Å². The SMILES string of the molecule is [2H]c1nc(NS(=O)(=O)NCCC)c(-c2ccc(Br)cc2)c(OC([2H])([2H])COc2nc([2H])c(Br)c([2H])n2)n1. The summed E-state index contributed by atoms with van der Waals surface area (Å²) in [5.41, 5.74) is 0.355. The van der Waals surface area contributed by atoms with Crippen LogP contribution < -0.4 is 18.9 Å². The van der Waals surface area contributed by atoms with Crippen molar-refractivity contribution in [2.24, 2.45) is 0 Å². The van der Waals surface area contributed by atoms with Crippen LogP contribution in [0, 0.1) is 0 Å². The van der Waals surface area contributed by atoms with E-state index in [4.69, 9.17) is 16.3 Å². The number of nitrogens with zero attached hydrogens (tertiary/aromatic N) is 4. The van der Waals surface area contributed by atoms with Gasteiger partial charge in [-0.05, 0) is 40.0 Å². The number of anilines is 1. The second-order valence-electron chi connectivity index (χ2n) is 5.94. The molecule has 0 aliphatic rings. The van der Waals surface area contributed by atoms with E-state index in [1.54, 1.807) is 31.2 Å². The number of benzene rings is 1. The van der Waals surface area contributed by atoms with Crippen LogP contribution >= 0.6 is 31.9 Å². The van der Waals surface area contributed by atoms with E-state index in [9.17, 15) is 8.42 Å². The molecule has 170 valence electrons. The molecule has 0 amide bonds. The number of halogens is 2. The van der Waals surface area contributed by atoms with Gasteiger partial charge in [0.05, 0.1) is 15.5 Å². The molecule has 2 heterocycles. The van der Waals surface area contributed by atoms with Gasteiger partial charge in [0.2, 0.25) is 5.88 Å². The Hall–Kier alpha value is -2.35. The van der Waals surface area contributed by atoms with Crippen LogP contribution in [-0.2, 0) is 10.2 Å². The third-order valence-electron chi connectivity index (χ3n) is 3.60. The van der Waals surface area contributed by atoms with Crippen LogP contribution in [0.25, 0.3) is 11.1 Å². The first kappa shape index (κ1) is 18.1. The second kappa shape index (κ2) is 11.5. The molecule has 2 N–H and O–H groups in total. The summed E-state index contributed by atoms with van der Waals surface area (Å²) >= 11 is 6.31. The zero-order chi connectivity index (χ0) is 27.4. The molecule has 3 aromatic rings. The molecule has 0 radical (unpaired) electrons. The second-order valence-corrected chi connectivity index (χ2v) is 9.15. The van der Waals surface area contributed by atoms with Gasteiger partial charge in [-0.15, -0.1) is 0 Å². The molecular weight excluding hydrogens is 568 g/mol. The van der Waals surface area contributed by atoms with Crippen molar-refractivity contribution in [2.45, 2.75) is 13.3 Å². The summed E-state index contributed by atoms with van der Waals surface area (Å²) < 4.78 is 80.9. The largest absolute Gasteiger partial charge is 0.473 e. The molecule has 0 atom stereocenters. The Morgan fingerprint density at radius 1 is 1.06 bits per heavy atom. The molecular formula is C19H20Br2N6O4S. The van der Waals surface area contributed by atoms with Crippen molar-refractivity contribution in [3.05, 3.63) is 51.9 Å². The van der Waals surface area contributed by atoms with Gasteiger partial charge in [-0.25, -0.2) is 19.9 Å². The number of hydrogen-bond donors (Lipinski definition) is 2. The number of ether oxygens (including phenoxy) is 2. The van der Waals surface area contributed by atoms with Crippen LogP contribution in [0.1, 0.15) is 20.2 Å². The third kappa shape index (κ3) is 7.08. The highest BCUT2D eigenvalue weighted by atomic mass is 79.9. The van der Waals surface area contributed by atoms with Crippen LogP contribution in [0.4, 0.5) is 5.82 Å². The van der Waals surface area contributed by atoms with E-state index in [1.807, 2.05) is 0 Å². The van der Waals surface area contributed by atoms with Crippen molar-refractivity contribution >= 4 is 47.9 Å². The molecule has 0 saturated heterocycles. The van der Waals surface area contributed by atoms with E-state index in [-0.39, 0.29) is 34.7 Å². The zero-order valence-corrected chi connectivity index (χ0v) is 20.5. The Morgan fingerprint density at radius 2 is 1.78 bits per heavy atom. The smallest absolute Gasteiger partial charge is 0.316 e. The van der Waals surface area contributed by atoms with Gasteiger partial charge in [-0.2, -0.15) is 13.1 Å². The molecule has 2 aromatic heterocycles. The minimum atomic E-state index is -4.08. The Bertz CT molecular complexity index is 1360. The van der Waals surface area contributed by atoms with Crippen LogP contribution in [0.15, 0.2) is 51.9 Å². The number of aromatic nitrogens is 4.